The molecule has 1 fully saturated rings. The molecule has 1 rings (SSSR count). The van der Waals surface area contributed by atoms with Crippen molar-refractivity contribution in [3.8, 4) is 0 Å². The fourth-order valence-electron chi connectivity index (χ4n) is 1.25. The third-order valence-electron chi connectivity index (χ3n) is 1.81. The summed E-state index contributed by atoms with van der Waals surface area (Å²) in [5, 5.41) is 0. The first-order chi connectivity index (χ1) is 3.93. The van der Waals surface area contributed by atoms with Crippen LogP contribution in [0, 0.1) is 0 Å². The minimum absolute atomic E-state index is 0. The molecule has 1 saturated carbocycles. The van der Waals surface area contributed by atoms with Gasteiger partial charge in [-0.05, 0) is 18.9 Å². The van der Waals surface area contributed by atoms with E-state index < -0.39 is 0 Å². The first kappa shape index (κ1) is 9.43. The van der Waals surface area contributed by atoms with Crippen molar-refractivity contribution in [1.82, 2.24) is 5.43 Å². The van der Waals surface area contributed by atoms with Gasteiger partial charge in [-0.2, -0.15) is 0 Å². The van der Waals surface area contributed by atoms with Crippen LogP contribution in [-0.2, 0) is 16.8 Å². The molecular weight excluding hydrogens is 159 g/mol. The number of hydrogen-bond acceptors (Lipinski definition) is 1. The molecule has 2 nitrogen and oxygen atoms in total. The van der Waals surface area contributed by atoms with Gasteiger partial charge in [-0.1, -0.05) is 19.3 Å². The first-order valence-corrected chi connectivity index (χ1v) is 3.36. The monoisotopic (exact) mass is 172 g/mol. The second-order valence-electron chi connectivity index (χ2n) is 2.48. The van der Waals surface area contributed by atoms with Crippen LogP contribution in [0.15, 0.2) is 0 Å². The van der Waals surface area contributed by atoms with Crippen molar-refractivity contribution >= 4 is 0 Å². The molecule has 0 aliphatic heterocycles. The molecule has 3 heteroatoms. The Labute approximate surface area is 66.7 Å². The summed E-state index contributed by atoms with van der Waals surface area (Å²) in [6.45, 7) is 0. The van der Waals surface area contributed by atoms with E-state index in [2.05, 4.69) is 5.43 Å². The summed E-state index contributed by atoms with van der Waals surface area (Å²) in [5.74, 6) is 6.85. The van der Waals surface area contributed by atoms with Gasteiger partial charge < -0.3 is 11.3 Å². The van der Waals surface area contributed by atoms with E-state index >= 15 is 0 Å². The van der Waals surface area contributed by atoms with Crippen LogP contribution in [0.5, 0.6) is 0 Å². The zero-order valence-electron chi connectivity index (χ0n) is 5.45. The Kier molecular flexibility index (Phi) is 5.48. The summed E-state index contributed by atoms with van der Waals surface area (Å²) in [6.07, 6.45) is 6.43. The maximum atomic E-state index is 6.85. The molecule has 0 aromatic carbocycles. The van der Waals surface area contributed by atoms with Crippen molar-refractivity contribution in [2.24, 2.45) is 0 Å². The molecule has 0 bridgehead atoms. The van der Waals surface area contributed by atoms with Gasteiger partial charge in [0.2, 0.25) is 0 Å². The molecule has 57 valence electrons. The SMILES string of the molecule is [Co].[NH-]NC1CCCCC1. The summed E-state index contributed by atoms with van der Waals surface area (Å²) in [5.41, 5.74) is 2.55. The maximum Gasteiger partial charge on any atom is 0 e. The topological polar surface area (TPSA) is 35.8 Å². The largest absolute Gasteiger partial charge is 0.612 e. The van der Waals surface area contributed by atoms with Crippen LogP contribution >= 0.6 is 0 Å². The van der Waals surface area contributed by atoms with Gasteiger partial charge in [0.25, 0.3) is 0 Å². The Balaban J connectivity index is 0.000000640. The zero-order valence-corrected chi connectivity index (χ0v) is 6.49. The molecule has 0 amide bonds. The van der Waals surface area contributed by atoms with Crippen LogP contribution in [0.3, 0.4) is 0 Å². The smallest absolute Gasteiger partial charge is 0 e. The van der Waals surface area contributed by atoms with Crippen molar-refractivity contribution in [3.05, 3.63) is 5.84 Å². The molecule has 1 aliphatic carbocycles. The standard InChI is InChI=1S/C6H13N2.Co/c7-8-6-4-2-1-3-5-6;/h6-8H,1-5H2;/q-1;. The quantitative estimate of drug-likeness (QED) is 0.602. The molecule has 0 saturated heterocycles. The minimum atomic E-state index is 0. The van der Waals surface area contributed by atoms with Gasteiger partial charge >= 0.3 is 0 Å². The predicted octanol–water partition coefficient (Wildman–Crippen LogP) is 1.87. The van der Waals surface area contributed by atoms with Gasteiger partial charge in [0.05, 0.1) is 0 Å². The van der Waals surface area contributed by atoms with Crippen molar-refractivity contribution in [3.63, 3.8) is 0 Å². The van der Waals surface area contributed by atoms with Crippen molar-refractivity contribution < 1.29 is 16.8 Å². The fraction of sp³-hybridized carbons (Fsp3) is 1.00. The van der Waals surface area contributed by atoms with Gasteiger partial charge in [-0.15, -0.1) is 0 Å². The van der Waals surface area contributed by atoms with Crippen LogP contribution < -0.4 is 5.43 Å². The van der Waals surface area contributed by atoms with E-state index in [0.717, 1.165) is 0 Å². The summed E-state index contributed by atoms with van der Waals surface area (Å²) < 4.78 is 0. The van der Waals surface area contributed by atoms with E-state index in [9.17, 15) is 0 Å². The minimum Gasteiger partial charge on any atom is -0.612 e. The second-order valence-corrected chi connectivity index (χ2v) is 2.48. The van der Waals surface area contributed by atoms with Crippen LogP contribution in [0.4, 0.5) is 0 Å². The summed E-state index contributed by atoms with van der Waals surface area (Å²) in [6, 6.07) is 0.503. The van der Waals surface area contributed by atoms with Crippen LogP contribution in [-0.4, -0.2) is 6.04 Å². The summed E-state index contributed by atoms with van der Waals surface area (Å²) in [7, 11) is 0. The van der Waals surface area contributed by atoms with E-state index in [4.69, 9.17) is 5.84 Å². The molecule has 0 aromatic heterocycles. The van der Waals surface area contributed by atoms with Crippen LogP contribution in [0.1, 0.15) is 32.1 Å². The molecular formula is C6H13CoN2-. The van der Waals surface area contributed by atoms with Crippen LogP contribution in [0.2, 0.25) is 0 Å². The molecule has 0 heterocycles. The fourth-order valence-corrected chi connectivity index (χ4v) is 1.25. The molecule has 0 atom stereocenters. The molecule has 1 radical (unpaired) electrons. The first-order valence-electron chi connectivity index (χ1n) is 3.36. The number of hydrogen-bond donors (Lipinski definition) is 1. The summed E-state index contributed by atoms with van der Waals surface area (Å²) >= 11 is 0. The molecule has 0 spiro atoms. The molecule has 0 unspecified atom stereocenters. The van der Waals surface area contributed by atoms with E-state index in [1.54, 1.807) is 0 Å². The van der Waals surface area contributed by atoms with E-state index in [-0.39, 0.29) is 16.8 Å². The van der Waals surface area contributed by atoms with Crippen molar-refractivity contribution in [2.75, 3.05) is 0 Å². The van der Waals surface area contributed by atoms with Gasteiger partial charge in [-0.25, -0.2) is 0 Å². The predicted molar refractivity (Wildman–Crippen MR) is 34.3 cm³/mol. The Morgan fingerprint density at radius 1 is 1.11 bits per heavy atom. The van der Waals surface area contributed by atoms with Gasteiger partial charge in [0.15, 0.2) is 0 Å². The average molecular weight is 172 g/mol. The Hall–Kier alpha value is 0.426. The Morgan fingerprint density at radius 2 is 1.67 bits per heavy atom. The number of nitrogens with one attached hydrogen (secondary N) is 2. The van der Waals surface area contributed by atoms with Crippen molar-refractivity contribution in [2.45, 2.75) is 38.1 Å². The van der Waals surface area contributed by atoms with Crippen molar-refractivity contribution in [1.29, 1.82) is 0 Å². The zero-order chi connectivity index (χ0) is 5.82. The Morgan fingerprint density at radius 3 is 2.00 bits per heavy atom. The van der Waals surface area contributed by atoms with E-state index in [1.807, 2.05) is 0 Å². The molecule has 9 heavy (non-hydrogen) atoms. The van der Waals surface area contributed by atoms with Crippen LogP contribution in [0.25, 0.3) is 5.84 Å². The van der Waals surface area contributed by atoms with E-state index in [1.165, 1.54) is 32.1 Å². The average Bonchev–Trinajstić information content (AvgIpc) is 1.90. The third-order valence-corrected chi connectivity index (χ3v) is 1.81. The normalized spacial score (nSPS) is 21.0. The van der Waals surface area contributed by atoms with E-state index in [0.29, 0.717) is 6.04 Å². The Bertz CT molecular complexity index is 62.1. The van der Waals surface area contributed by atoms with Gasteiger partial charge in [-0.3, -0.25) is 0 Å². The maximum absolute atomic E-state index is 6.85. The second kappa shape index (κ2) is 5.23. The third kappa shape index (κ3) is 3.20. The number of rotatable bonds is 1. The van der Waals surface area contributed by atoms with Gasteiger partial charge in [0, 0.05) is 16.8 Å². The van der Waals surface area contributed by atoms with Gasteiger partial charge in [0.1, 0.15) is 0 Å². The molecule has 1 aliphatic rings. The molecule has 2 N–H and O–H groups in total. The molecule has 0 aromatic rings. The summed E-state index contributed by atoms with van der Waals surface area (Å²) in [4.78, 5) is 0.